The molecule has 0 fully saturated rings. The molecule has 0 aliphatic heterocycles. The van der Waals surface area contributed by atoms with Crippen molar-refractivity contribution >= 4 is 12.6 Å². The van der Waals surface area contributed by atoms with Crippen molar-refractivity contribution in [2.24, 2.45) is 0 Å². The average molecular weight is 316 g/mol. The third-order valence-corrected chi connectivity index (χ3v) is 3.62. The van der Waals surface area contributed by atoms with Gasteiger partial charge in [-0.2, -0.15) is 9.90 Å². The second-order valence-corrected chi connectivity index (χ2v) is 5.44. The molecule has 0 spiro atoms. The van der Waals surface area contributed by atoms with E-state index in [9.17, 15) is 0 Å². The number of methoxy groups -OCH3 is 1. The van der Waals surface area contributed by atoms with Crippen molar-refractivity contribution < 1.29 is 4.74 Å². The lowest BCUT2D eigenvalue weighted by Gasteiger charge is -2.05. The highest BCUT2D eigenvalue weighted by atomic mass is 32.1. The van der Waals surface area contributed by atoms with Gasteiger partial charge in [0.15, 0.2) is 0 Å². The number of benzene rings is 1. The fourth-order valence-corrected chi connectivity index (χ4v) is 2.29. The van der Waals surface area contributed by atoms with Crippen LogP contribution in [-0.4, -0.2) is 37.1 Å². The minimum Gasteiger partial charge on any atom is -0.497 e. The molecule has 0 saturated heterocycles. The Hall–Kier alpha value is -2.35. The zero-order valence-corrected chi connectivity index (χ0v) is 13.4. The number of nitrogens with zero attached hydrogens (tertiary/aromatic N) is 6. The Labute approximate surface area is 133 Å². The van der Waals surface area contributed by atoms with Crippen molar-refractivity contribution in [2.75, 3.05) is 7.11 Å². The van der Waals surface area contributed by atoms with Crippen LogP contribution in [0.5, 0.6) is 5.75 Å². The maximum absolute atomic E-state index is 5.16. The van der Waals surface area contributed by atoms with Gasteiger partial charge in [0.05, 0.1) is 30.6 Å². The number of hydrogen-bond acceptors (Lipinski definition) is 6. The predicted octanol–water partition coefficient (Wildman–Crippen LogP) is 2.40. The van der Waals surface area contributed by atoms with E-state index in [1.165, 1.54) is 0 Å². The Morgan fingerprint density at radius 2 is 1.91 bits per heavy atom. The van der Waals surface area contributed by atoms with E-state index in [-0.39, 0.29) is 6.04 Å². The smallest absolute Gasteiger partial charge is 0.209 e. The number of hydrogen-bond donors (Lipinski definition) is 1. The largest absolute Gasteiger partial charge is 0.497 e. The van der Waals surface area contributed by atoms with Crippen LogP contribution >= 0.6 is 12.6 Å². The first-order chi connectivity index (χ1) is 10.6. The molecule has 0 atom stereocenters. The van der Waals surface area contributed by atoms with Gasteiger partial charge in [-0.05, 0) is 43.3 Å². The quantitative estimate of drug-likeness (QED) is 0.748. The van der Waals surface area contributed by atoms with E-state index in [1.54, 1.807) is 22.8 Å². The molecule has 2 aromatic heterocycles. The molecule has 22 heavy (non-hydrogen) atoms. The summed E-state index contributed by atoms with van der Waals surface area (Å²) in [4.78, 5) is 1.56. The summed E-state index contributed by atoms with van der Waals surface area (Å²) in [6.45, 7) is 3.99. The number of tetrazole rings is 1. The van der Waals surface area contributed by atoms with Crippen molar-refractivity contribution in [2.45, 2.75) is 24.9 Å². The highest BCUT2D eigenvalue weighted by Gasteiger charge is 2.16. The van der Waals surface area contributed by atoms with E-state index in [0.717, 1.165) is 17.0 Å². The van der Waals surface area contributed by atoms with Crippen LogP contribution in [0.3, 0.4) is 0 Å². The fourth-order valence-electron chi connectivity index (χ4n) is 1.96. The van der Waals surface area contributed by atoms with Crippen LogP contribution in [0.15, 0.2) is 35.5 Å². The molecule has 0 bridgehead atoms. The van der Waals surface area contributed by atoms with Gasteiger partial charge in [0.2, 0.25) is 5.82 Å². The summed E-state index contributed by atoms with van der Waals surface area (Å²) in [6.07, 6.45) is 1.69. The Morgan fingerprint density at radius 3 is 2.50 bits per heavy atom. The van der Waals surface area contributed by atoms with Gasteiger partial charge in [0.25, 0.3) is 0 Å². The summed E-state index contributed by atoms with van der Waals surface area (Å²) in [6, 6.07) is 7.72. The third kappa shape index (κ3) is 2.57. The fraction of sp³-hybridized carbons (Fsp3) is 0.286. The van der Waals surface area contributed by atoms with E-state index in [4.69, 9.17) is 4.74 Å². The van der Waals surface area contributed by atoms with E-state index in [1.807, 2.05) is 38.1 Å². The molecule has 0 unspecified atom stereocenters. The molecular formula is C14H16N6OS. The predicted molar refractivity (Wildman–Crippen MR) is 84.6 cm³/mol. The van der Waals surface area contributed by atoms with Crippen LogP contribution in [0.4, 0.5) is 0 Å². The first kappa shape index (κ1) is 14.6. The van der Waals surface area contributed by atoms with Gasteiger partial charge in [0.1, 0.15) is 10.8 Å². The zero-order valence-electron chi connectivity index (χ0n) is 12.5. The molecule has 0 N–H and O–H groups in total. The summed E-state index contributed by atoms with van der Waals surface area (Å²) in [5, 5.41) is 17.5. The molecular weight excluding hydrogens is 300 g/mol. The average Bonchev–Trinajstić information content (AvgIpc) is 3.14. The molecule has 3 rings (SSSR count). The van der Waals surface area contributed by atoms with Crippen LogP contribution in [0.25, 0.3) is 17.1 Å². The minimum absolute atomic E-state index is 0.154. The van der Waals surface area contributed by atoms with Gasteiger partial charge >= 0.3 is 0 Å². The van der Waals surface area contributed by atoms with Crippen molar-refractivity contribution in [3.63, 3.8) is 0 Å². The molecule has 2 heterocycles. The SMILES string of the molecule is COc1ccc(-n2ncc(-c3nnn(C(C)C)n3)c2S)cc1. The first-order valence-corrected chi connectivity index (χ1v) is 7.26. The summed E-state index contributed by atoms with van der Waals surface area (Å²) in [7, 11) is 1.63. The molecule has 114 valence electrons. The molecule has 3 aromatic rings. The van der Waals surface area contributed by atoms with Crippen LogP contribution in [0.1, 0.15) is 19.9 Å². The maximum Gasteiger partial charge on any atom is 0.209 e. The second kappa shape index (κ2) is 5.80. The third-order valence-electron chi connectivity index (χ3n) is 3.19. The second-order valence-electron chi connectivity index (χ2n) is 5.02. The molecule has 0 saturated carbocycles. The number of thiol groups is 1. The minimum atomic E-state index is 0.154. The normalized spacial score (nSPS) is 11.1. The van der Waals surface area contributed by atoms with Crippen LogP contribution in [0.2, 0.25) is 0 Å². The highest BCUT2D eigenvalue weighted by Crippen LogP contribution is 2.26. The summed E-state index contributed by atoms with van der Waals surface area (Å²) >= 11 is 4.55. The number of ether oxygens (including phenoxy) is 1. The Bertz CT molecular complexity index is 777. The highest BCUT2D eigenvalue weighted by molar-refractivity contribution is 7.80. The van der Waals surface area contributed by atoms with Crippen molar-refractivity contribution in [3.8, 4) is 22.8 Å². The standard InChI is InChI=1S/C14H16N6OS/c1-9(2)20-17-13(16-18-20)12-8-15-19(14(12)22)10-4-6-11(21-3)7-5-10/h4-9,22H,1-3H3. The van der Waals surface area contributed by atoms with Gasteiger partial charge in [-0.25, -0.2) is 4.68 Å². The van der Waals surface area contributed by atoms with E-state index < -0.39 is 0 Å². The van der Waals surface area contributed by atoms with Crippen molar-refractivity contribution in [3.05, 3.63) is 30.5 Å². The lowest BCUT2D eigenvalue weighted by Crippen LogP contribution is -2.04. The summed E-state index contributed by atoms with van der Waals surface area (Å²) in [5.74, 6) is 1.30. The van der Waals surface area contributed by atoms with Gasteiger partial charge in [-0.15, -0.1) is 22.8 Å². The van der Waals surface area contributed by atoms with Crippen molar-refractivity contribution in [1.29, 1.82) is 0 Å². The molecule has 1 aromatic carbocycles. The molecule has 0 amide bonds. The Balaban J connectivity index is 1.96. The molecule has 0 aliphatic rings. The lowest BCUT2D eigenvalue weighted by molar-refractivity contribution is 0.414. The Kier molecular flexibility index (Phi) is 3.84. The number of aromatic nitrogens is 6. The zero-order chi connectivity index (χ0) is 15.7. The molecule has 0 aliphatic carbocycles. The van der Waals surface area contributed by atoms with Gasteiger partial charge in [0, 0.05) is 0 Å². The monoisotopic (exact) mass is 316 g/mol. The van der Waals surface area contributed by atoms with Crippen molar-refractivity contribution in [1.82, 2.24) is 30.0 Å². The summed E-state index contributed by atoms with van der Waals surface area (Å²) in [5.41, 5.74) is 1.62. The van der Waals surface area contributed by atoms with E-state index >= 15 is 0 Å². The first-order valence-electron chi connectivity index (χ1n) is 6.81. The summed E-state index contributed by atoms with van der Waals surface area (Å²) < 4.78 is 6.87. The van der Waals surface area contributed by atoms with Gasteiger partial charge < -0.3 is 4.74 Å². The van der Waals surface area contributed by atoms with E-state index in [2.05, 4.69) is 33.1 Å². The topological polar surface area (TPSA) is 70.7 Å². The number of rotatable bonds is 4. The van der Waals surface area contributed by atoms with Crippen LogP contribution in [-0.2, 0) is 0 Å². The maximum atomic E-state index is 5.16. The molecule has 8 heteroatoms. The van der Waals surface area contributed by atoms with Gasteiger partial charge in [-0.3, -0.25) is 0 Å². The van der Waals surface area contributed by atoms with Crippen LogP contribution < -0.4 is 4.74 Å². The Morgan fingerprint density at radius 1 is 1.18 bits per heavy atom. The van der Waals surface area contributed by atoms with Gasteiger partial charge in [-0.1, -0.05) is 0 Å². The van der Waals surface area contributed by atoms with Crippen LogP contribution in [0, 0.1) is 0 Å². The van der Waals surface area contributed by atoms with E-state index in [0.29, 0.717) is 10.9 Å². The molecule has 7 nitrogen and oxygen atoms in total. The lowest BCUT2D eigenvalue weighted by atomic mass is 10.3. The molecule has 0 radical (unpaired) electrons.